The summed E-state index contributed by atoms with van der Waals surface area (Å²) in [5, 5.41) is 21.6. The lowest BCUT2D eigenvalue weighted by atomic mass is 9.94. The second-order valence-corrected chi connectivity index (χ2v) is 9.11. The Bertz CT molecular complexity index is 1370. The number of amides is 1. The van der Waals surface area contributed by atoms with Crippen molar-refractivity contribution in [3.63, 3.8) is 0 Å². The van der Waals surface area contributed by atoms with Crippen molar-refractivity contribution in [3.05, 3.63) is 87.9 Å². The Morgan fingerprint density at radius 1 is 1.03 bits per heavy atom. The number of methoxy groups -OCH3 is 1. The molecule has 2 N–H and O–H groups in total. The predicted octanol–water partition coefficient (Wildman–Crippen LogP) is 5.78. The Morgan fingerprint density at radius 3 is 2.33 bits per heavy atom. The number of rotatable bonds is 6. The van der Waals surface area contributed by atoms with Gasteiger partial charge in [0.15, 0.2) is 11.5 Å². The number of Topliss-reactive ketones (excluding diaryl/α,β-unsaturated/α-hetero) is 1. The Balaban J connectivity index is 1.94. The fourth-order valence-corrected chi connectivity index (χ4v) is 4.47. The summed E-state index contributed by atoms with van der Waals surface area (Å²) in [5.41, 5.74) is 1.86. The molecule has 8 heteroatoms. The fourth-order valence-electron chi connectivity index (χ4n) is 4.25. The standard InChI is InChI=1S/C28H26ClNO6/c1-15(2)36-21-11-10-17(12-16(21)3)25(31)23-24(18-13-20(29)26(32)22(14-18)35-4)30(28(34)27(23)33)19-8-6-5-7-9-19/h5-15,24,31-32H,1-4H3/b25-23+. The Morgan fingerprint density at radius 2 is 1.72 bits per heavy atom. The van der Waals surface area contributed by atoms with Crippen LogP contribution in [0.3, 0.4) is 0 Å². The number of phenolic OH excluding ortho intramolecular Hbond substituents is 1. The van der Waals surface area contributed by atoms with Crippen molar-refractivity contribution in [2.45, 2.75) is 32.9 Å². The largest absolute Gasteiger partial charge is 0.507 e. The summed E-state index contributed by atoms with van der Waals surface area (Å²) >= 11 is 6.26. The van der Waals surface area contributed by atoms with E-state index in [0.717, 1.165) is 5.56 Å². The van der Waals surface area contributed by atoms with Gasteiger partial charge in [0.2, 0.25) is 0 Å². The molecule has 0 radical (unpaired) electrons. The fraction of sp³-hybridized carbons (Fsp3) is 0.214. The quantitative estimate of drug-likeness (QED) is 0.249. The summed E-state index contributed by atoms with van der Waals surface area (Å²) < 4.78 is 11.0. The molecule has 186 valence electrons. The van der Waals surface area contributed by atoms with Crippen molar-refractivity contribution in [3.8, 4) is 17.2 Å². The van der Waals surface area contributed by atoms with Crippen LogP contribution in [-0.4, -0.2) is 35.1 Å². The molecule has 1 amide bonds. The Labute approximate surface area is 214 Å². The third-order valence-electron chi connectivity index (χ3n) is 5.88. The molecule has 1 heterocycles. The van der Waals surface area contributed by atoms with Crippen LogP contribution in [0, 0.1) is 6.92 Å². The highest BCUT2D eigenvalue weighted by Gasteiger charge is 2.47. The second kappa shape index (κ2) is 9.95. The van der Waals surface area contributed by atoms with Crippen molar-refractivity contribution in [2.24, 2.45) is 0 Å². The van der Waals surface area contributed by atoms with Crippen molar-refractivity contribution in [2.75, 3.05) is 12.0 Å². The van der Waals surface area contributed by atoms with Gasteiger partial charge in [-0.15, -0.1) is 0 Å². The molecule has 0 spiro atoms. The number of carbonyl (C=O) groups excluding carboxylic acids is 2. The molecule has 0 bridgehead atoms. The van der Waals surface area contributed by atoms with Gasteiger partial charge in [-0.3, -0.25) is 14.5 Å². The summed E-state index contributed by atoms with van der Waals surface area (Å²) in [6, 6.07) is 15.6. The van der Waals surface area contributed by atoms with E-state index in [1.54, 1.807) is 48.5 Å². The van der Waals surface area contributed by atoms with Crippen molar-refractivity contribution in [1.29, 1.82) is 0 Å². The zero-order chi connectivity index (χ0) is 26.1. The third kappa shape index (κ3) is 4.50. The van der Waals surface area contributed by atoms with E-state index in [0.29, 0.717) is 22.6 Å². The molecular formula is C28H26ClNO6. The molecular weight excluding hydrogens is 482 g/mol. The third-order valence-corrected chi connectivity index (χ3v) is 6.16. The summed E-state index contributed by atoms with van der Waals surface area (Å²) in [7, 11) is 1.37. The summed E-state index contributed by atoms with van der Waals surface area (Å²) in [4.78, 5) is 27.9. The zero-order valence-corrected chi connectivity index (χ0v) is 21.0. The minimum atomic E-state index is -1.02. The van der Waals surface area contributed by atoms with Gasteiger partial charge in [-0.1, -0.05) is 29.8 Å². The maximum Gasteiger partial charge on any atom is 0.300 e. The molecule has 1 saturated heterocycles. The number of aromatic hydroxyl groups is 1. The van der Waals surface area contributed by atoms with Crippen LogP contribution in [0.15, 0.2) is 66.2 Å². The molecule has 1 atom stereocenters. The van der Waals surface area contributed by atoms with Crippen LogP contribution in [0.1, 0.15) is 36.6 Å². The highest BCUT2D eigenvalue weighted by atomic mass is 35.5. The van der Waals surface area contributed by atoms with E-state index in [1.165, 1.54) is 24.1 Å². The first-order chi connectivity index (χ1) is 17.1. The van der Waals surface area contributed by atoms with Gasteiger partial charge in [0.25, 0.3) is 11.7 Å². The number of aryl methyl sites for hydroxylation is 1. The summed E-state index contributed by atoms with van der Waals surface area (Å²) in [6.45, 7) is 5.66. The van der Waals surface area contributed by atoms with Gasteiger partial charge >= 0.3 is 0 Å². The van der Waals surface area contributed by atoms with Gasteiger partial charge < -0.3 is 19.7 Å². The van der Waals surface area contributed by atoms with E-state index in [2.05, 4.69) is 0 Å². The number of benzene rings is 3. The van der Waals surface area contributed by atoms with E-state index in [-0.39, 0.29) is 34.0 Å². The lowest BCUT2D eigenvalue weighted by Gasteiger charge is -2.26. The van der Waals surface area contributed by atoms with Gasteiger partial charge in [-0.05, 0) is 74.4 Å². The Kier molecular flexibility index (Phi) is 6.95. The molecule has 1 aliphatic rings. The number of ketones is 1. The number of carbonyl (C=O) groups is 2. The van der Waals surface area contributed by atoms with E-state index in [1.807, 2.05) is 20.8 Å². The molecule has 1 fully saturated rings. The predicted molar refractivity (Wildman–Crippen MR) is 138 cm³/mol. The van der Waals surface area contributed by atoms with Crippen molar-refractivity contribution < 1.29 is 29.3 Å². The molecule has 4 rings (SSSR count). The number of hydrogen-bond donors (Lipinski definition) is 2. The lowest BCUT2D eigenvalue weighted by molar-refractivity contribution is -0.132. The number of halogens is 1. The smallest absolute Gasteiger partial charge is 0.300 e. The van der Waals surface area contributed by atoms with Crippen LogP contribution in [0.5, 0.6) is 17.2 Å². The first-order valence-corrected chi connectivity index (χ1v) is 11.7. The maximum atomic E-state index is 13.3. The van der Waals surface area contributed by atoms with Gasteiger partial charge in [-0.25, -0.2) is 0 Å². The van der Waals surface area contributed by atoms with Crippen LogP contribution >= 0.6 is 11.6 Å². The van der Waals surface area contributed by atoms with Crippen LogP contribution in [0.4, 0.5) is 5.69 Å². The minimum Gasteiger partial charge on any atom is -0.507 e. The van der Waals surface area contributed by atoms with Crippen LogP contribution in [0.2, 0.25) is 5.02 Å². The molecule has 36 heavy (non-hydrogen) atoms. The first kappa shape index (κ1) is 25.1. The van der Waals surface area contributed by atoms with Crippen LogP contribution in [-0.2, 0) is 9.59 Å². The molecule has 3 aromatic carbocycles. The average Bonchev–Trinajstić information content (AvgIpc) is 3.12. The normalized spacial score (nSPS) is 17.1. The van der Waals surface area contributed by atoms with E-state index in [9.17, 15) is 19.8 Å². The molecule has 0 aliphatic carbocycles. The number of hydrogen-bond acceptors (Lipinski definition) is 6. The molecule has 1 aliphatic heterocycles. The second-order valence-electron chi connectivity index (χ2n) is 8.71. The van der Waals surface area contributed by atoms with E-state index < -0.39 is 17.7 Å². The van der Waals surface area contributed by atoms with E-state index in [4.69, 9.17) is 21.1 Å². The average molecular weight is 508 g/mol. The van der Waals surface area contributed by atoms with E-state index >= 15 is 0 Å². The van der Waals surface area contributed by atoms with Crippen LogP contribution in [0.25, 0.3) is 5.76 Å². The highest BCUT2D eigenvalue weighted by Crippen LogP contribution is 2.46. The molecule has 0 aromatic heterocycles. The van der Waals surface area contributed by atoms with Crippen molar-refractivity contribution in [1.82, 2.24) is 0 Å². The topological polar surface area (TPSA) is 96.3 Å². The summed E-state index contributed by atoms with van der Waals surface area (Å²) in [5.74, 6) is -1.52. The molecule has 3 aromatic rings. The molecule has 0 saturated carbocycles. The SMILES string of the molecule is COc1cc(C2/C(=C(\O)c3ccc(OC(C)C)c(C)c3)C(=O)C(=O)N2c2ccccc2)cc(Cl)c1O. The maximum absolute atomic E-state index is 13.3. The summed E-state index contributed by atoms with van der Waals surface area (Å²) in [6.07, 6.45) is -0.0337. The number of nitrogens with zero attached hydrogens (tertiary/aromatic N) is 1. The van der Waals surface area contributed by atoms with Gasteiger partial charge in [0.05, 0.1) is 29.9 Å². The Hall–Kier alpha value is -3.97. The van der Waals surface area contributed by atoms with Gasteiger partial charge in [0.1, 0.15) is 11.5 Å². The van der Waals surface area contributed by atoms with Crippen molar-refractivity contribution >= 4 is 34.7 Å². The molecule has 7 nitrogen and oxygen atoms in total. The number of phenols is 1. The number of aliphatic hydroxyl groups is 1. The number of aliphatic hydroxyl groups excluding tert-OH is 1. The molecule has 1 unspecified atom stereocenters. The van der Waals surface area contributed by atoms with Gasteiger partial charge in [0, 0.05) is 11.3 Å². The monoisotopic (exact) mass is 507 g/mol. The zero-order valence-electron chi connectivity index (χ0n) is 20.3. The number of para-hydroxylation sites is 1. The first-order valence-electron chi connectivity index (χ1n) is 11.3. The number of ether oxygens (including phenoxy) is 2. The number of anilines is 1. The van der Waals surface area contributed by atoms with Gasteiger partial charge in [-0.2, -0.15) is 0 Å². The van der Waals surface area contributed by atoms with Crippen LogP contribution < -0.4 is 14.4 Å². The minimum absolute atomic E-state index is 0.0194. The lowest BCUT2D eigenvalue weighted by Crippen LogP contribution is -2.29. The highest BCUT2D eigenvalue weighted by molar-refractivity contribution is 6.51.